The van der Waals surface area contributed by atoms with Crippen molar-refractivity contribution in [3.05, 3.63) is 99.7 Å². The summed E-state index contributed by atoms with van der Waals surface area (Å²) in [4.78, 5) is 129. The number of carbonyl (C=O) groups excluding carboxylic acids is 8. The number of fused-ring (bicyclic) bond motifs is 5. The molecule has 4 heterocycles. The van der Waals surface area contributed by atoms with E-state index < -0.39 is 143 Å². The summed E-state index contributed by atoms with van der Waals surface area (Å²) in [6, 6.07) is 12.4. The van der Waals surface area contributed by atoms with Crippen LogP contribution in [0.1, 0.15) is 98.1 Å². The molecule has 7 rings (SSSR count). The van der Waals surface area contributed by atoms with Gasteiger partial charge in [-0.1, -0.05) is 32.0 Å². The largest absolute Gasteiger partial charge is 0.465 e. The molecule has 2 aliphatic carbocycles. The van der Waals surface area contributed by atoms with Gasteiger partial charge in [0.05, 0.1) is 34.2 Å². The van der Waals surface area contributed by atoms with Crippen molar-refractivity contribution in [2.45, 2.75) is 115 Å². The molecule has 21 heteroatoms. The summed E-state index contributed by atoms with van der Waals surface area (Å²) in [6.45, 7) is 7.40. The molecule has 1 N–H and O–H groups in total. The molecule has 21 nitrogen and oxygen atoms in total. The van der Waals surface area contributed by atoms with Gasteiger partial charge < -0.3 is 52.3 Å². The first-order chi connectivity index (χ1) is 32.4. The Bertz CT molecular complexity index is 2650. The second-order valence-electron chi connectivity index (χ2n) is 18.2. The minimum absolute atomic E-state index is 0.0810. The van der Waals surface area contributed by atoms with Crippen molar-refractivity contribution in [2.24, 2.45) is 24.3 Å². The highest BCUT2D eigenvalue weighted by Gasteiger charge is 2.92. The SMILES string of the molecule is CC(=O)OC[C@]12[C@@H](OC(=O)c3ccccc3)[C@H](OC(C)=O)[C@@H]3[C@@H](OC(C)=O)[C@@]14O[C@@]3(C)COC(=O)c1cccnc1[C@@H](C)[C@H](C)C(=O)O[C@@H]([C@@H](OC(=O)c1ccc(=O)n(C)c1)[C@@H]2OC(C)=O)[C@]4(C)O. The fraction of sp³-hybridized carbons (Fsp3) is 0.500. The molecule has 69 heavy (non-hydrogen) atoms. The van der Waals surface area contributed by atoms with E-state index in [4.69, 9.17) is 42.6 Å². The number of aliphatic hydroxyl groups is 1. The van der Waals surface area contributed by atoms with Crippen LogP contribution in [-0.2, 0) is 73.7 Å². The fourth-order valence-corrected chi connectivity index (χ4v) is 10.5. The van der Waals surface area contributed by atoms with Crippen molar-refractivity contribution in [1.82, 2.24) is 9.55 Å². The quantitative estimate of drug-likeness (QED) is 0.238. The average Bonchev–Trinajstić information content (AvgIpc) is 3.51. The molecule has 2 aliphatic heterocycles. The van der Waals surface area contributed by atoms with Gasteiger partial charge in [0.15, 0.2) is 30.0 Å². The monoisotopic (exact) mass is 960 g/mol. The lowest BCUT2D eigenvalue weighted by molar-refractivity contribution is -0.385. The maximum Gasteiger partial charge on any atom is 0.340 e. The number of cyclic esters (lactones) is 1. The van der Waals surface area contributed by atoms with Crippen LogP contribution in [-0.4, -0.2) is 129 Å². The van der Waals surface area contributed by atoms with Gasteiger partial charge in [0.25, 0.3) is 0 Å². The number of ether oxygens (including phenoxy) is 9. The van der Waals surface area contributed by atoms with Gasteiger partial charge in [-0.3, -0.25) is 33.8 Å². The van der Waals surface area contributed by atoms with Crippen molar-refractivity contribution in [3.63, 3.8) is 0 Å². The Balaban J connectivity index is 1.65. The maximum atomic E-state index is 14.8. The van der Waals surface area contributed by atoms with E-state index >= 15 is 0 Å². The maximum absolute atomic E-state index is 14.8. The number of esters is 8. The van der Waals surface area contributed by atoms with E-state index in [0.717, 1.165) is 57.5 Å². The normalized spacial score (nSPS) is 33.5. The van der Waals surface area contributed by atoms with E-state index in [-0.39, 0.29) is 22.4 Å². The van der Waals surface area contributed by atoms with E-state index in [2.05, 4.69) is 4.98 Å². The molecule has 4 aliphatic rings. The first-order valence-electron chi connectivity index (χ1n) is 22.0. The van der Waals surface area contributed by atoms with Crippen LogP contribution >= 0.6 is 0 Å². The molecule has 13 atom stereocenters. The van der Waals surface area contributed by atoms with Crippen LogP contribution in [0.2, 0.25) is 0 Å². The number of nitrogens with zero attached hydrogens (tertiary/aromatic N) is 2. The van der Waals surface area contributed by atoms with Crippen LogP contribution in [0.3, 0.4) is 0 Å². The molecule has 1 aromatic carbocycles. The third kappa shape index (κ3) is 8.40. The van der Waals surface area contributed by atoms with Gasteiger partial charge in [-0.2, -0.15) is 0 Å². The lowest BCUT2D eigenvalue weighted by atomic mass is 9.45. The smallest absolute Gasteiger partial charge is 0.340 e. The van der Waals surface area contributed by atoms with Gasteiger partial charge in [-0.05, 0) is 44.2 Å². The van der Waals surface area contributed by atoms with Gasteiger partial charge in [0, 0.05) is 59.1 Å². The summed E-state index contributed by atoms with van der Waals surface area (Å²) in [6.07, 6.45) is -10.4. The van der Waals surface area contributed by atoms with Gasteiger partial charge in [-0.15, -0.1) is 0 Å². The fourth-order valence-electron chi connectivity index (χ4n) is 10.5. The number of benzene rings is 1. The number of hydrogen-bond donors (Lipinski definition) is 1. The molecular weight excluding hydrogens is 909 g/mol. The summed E-state index contributed by atoms with van der Waals surface area (Å²) in [5, 5.41) is 13.9. The summed E-state index contributed by atoms with van der Waals surface area (Å²) in [5.74, 6) is -12.5. The zero-order chi connectivity index (χ0) is 50.5. The van der Waals surface area contributed by atoms with E-state index in [1.54, 1.807) is 13.0 Å². The number of rotatable bonds is 9. The molecule has 4 bridgehead atoms. The summed E-state index contributed by atoms with van der Waals surface area (Å²) in [5.41, 5.74) is -11.7. The zero-order valence-electron chi connectivity index (χ0n) is 39.2. The molecule has 3 fully saturated rings. The highest BCUT2D eigenvalue weighted by molar-refractivity contribution is 5.92. The zero-order valence-corrected chi connectivity index (χ0v) is 39.2. The predicted octanol–water partition coefficient (Wildman–Crippen LogP) is 2.32. The Kier molecular flexibility index (Phi) is 13.4. The number of hydrogen-bond acceptors (Lipinski definition) is 20. The van der Waals surface area contributed by atoms with E-state index in [0.29, 0.717) is 0 Å². The lowest BCUT2D eigenvalue weighted by Crippen LogP contribution is -2.89. The molecule has 0 radical (unpaired) electrons. The Morgan fingerprint density at radius 2 is 1.36 bits per heavy atom. The lowest BCUT2D eigenvalue weighted by Gasteiger charge is -2.67. The number of pyridine rings is 2. The molecular formula is C48H52N2O19. The predicted molar refractivity (Wildman–Crippen MR) is 231 cm³/mol. The minimum atomic E-state index is -2.98. The van der Waals surface area contributed by atoms with Crippen LogP contribution in [0.5, 0.6) is 0 Å². The van der Waals surface area contributed by atoms with Crippen LogP contribution in [0.4, 0.5) is 0 Å². The molecule has 2 saturated carbocycles. The van der Waals surface area contributed by atoms with Crippen LogP contribution in [0.15, 0.2) is 71.8 Å². The molecule has 2 aromatic heterocycles. The van der Waals surface area contributed by atoms with Gasteiger partial charge >= 0.3 is 47.8 Å². The second-order valence-corrected chi connectivity index (χ2v) is 18.2. The van der Waals surface area contributed by atoms with Crippen LogP contribution in [0.25, 0.3) is 0 Å². The van der Waals surface area contributed by atoms with Crippen LogP contribution < -0.4 is 5.56 Å². The average molecular weight is 961 g/mol. The standard InChI is InChI=1S/C48H52N2O19/c1-23-24(2)41(56)67-38-36(66-43(58)30-17-18-32(55)50(9)20-30)40(65-28(6)54)47(22-61-25(3)51)39(68-42(57)29-14-11-10-12-15-29)35(63-26(4)52)33-37(64-27(5)53)48(47,46(38,8)60)69-45(33,7)21-62-44(59)31-16-13-19-49-34(23)31/h10-20,23-24,33,35-40,60H,21-22H2,1-9H3/t23-,24-,33+,35+,36+,37+,38-,39-,40-,45-,46-,47+,48-/m0/s1. The number of carbonyl (C=O) groups is 8. The Morgan fingerprint density at radius 3 is 1.99 bits per heavy atom. The second kappa shape index (κ2) is 18.5. The van der Waals surface area contributed by atoms with Crippen molar-refractivity contribution in [2.75, 3.05) is 13.2 Å². The topological polar surface area (TPSA) is 275 Å². The van der Waals surface area contributed by atoms with Gasteiger partial charge in [0.2, 0.25) is 5.56 Å². The van der Waals surface area contributed by atoms with Gasteiger partial charge in [0.1, 0.15) is 42.0 Å². The first kappa shape index (κ1) is 49.9. The van der Waals surface area contributed by atoms with Crippen molar-refractivity contribution < 1.29 is 86.1 Å². The first-order valence-corrected chi connectivity index (χ1v) is 22.0. The number of aromatic nitrogens is 2. The van der Waals surface area contributed by atoms with Crippen molar-refractivity contribution in [1.29, 1.82) is 0 Å². The van der Waals surface area contributed by atoms with Crippen molar-refractivity contribution >= 4 is 47.8 Å². The van der Waals surface area contributed by atoms with Gasteiger partial charge in [-0.25, -0.2) is 14.4 Å². The minimum Gasteiger partial charge on any atom is -0.465 e. The van der Waals surface area contributed by atoms with E-state index in [9.17, 15) is 48.3 Å². The molecule has 368 valence electrons. The Hall–Kier alpha value is -7.00. The van der Waals surface area contributed by atoms with Crippen molar-refractivity contribution in [3.8, 4) is 0 Å². The third-order valence-electron chi connectivity index (χ3n) is 13.6. The van der Waals surface area contributed by atoms with Crippen LogP contribution in [0, 0.1) is 17.3 Å². The number of aryl methyl sites for hydroxylation is 1. The Morgan fingerprint density at radius 1 is 0.739 bits per heavy atom. The molecule has 0 amide bonds. The van der Waals surface area contributed by atoms with E-state index in [1.807, 2.05) is 0 Å². The molecule has 1 spiro atoms. The summed E-state index contributed by atoms with van der Waals surface area (Å²) in [7, 11) is 1.35. The Labute approximate surface area is 394 Å². The highest BCUT2D eigenvalue weighted by atomic mass is 16.7. The molecule has 0 unspecified atom stereocenters. The third-order valence-corrected chi connectivity index (χ3v) is 13.6. The molecule has 1 saturated heterocycles. The summed E-state index contributed by atoms with van der Waals surface area (Å²) >= 11 is 0. The van der Waals surface area contributed by atoms with E-state index in [1.165, 1.54) is 63.5 Å². The molecule has 3 aromatic rings. The summed E-state index contributed by atoms with van der Waals surface area (Å²) < 4.78 is 57.5. The highest BCUT2D eigenvalue weighted by Crippen LogP contribution is 2.70.